The number of nitrogens with zero attached hydrogens (tertiary/aromatic N) is 3. The third-order valence-corrected chi connectivity index (χ3v) is 2.58. The Hall–Kier alpha value is -2.64. The number of anilines is 1. The number of nitro groups is 1. The van der Waals surface area contributed by atoms with Crippen LogP contribution in [0.1, 0.15) is 11.7 Å². The molecule has 0 bridgehead atoms. The Labute approximate surface area is 114 Å². The molecule has 2 rings (SSSR count). The summed E-state index contributed by atoms with van der Waals surface area (Å²) < 4.78 is 10.0. The van der Waals surface area contributed by atoms with Gasteiger partial charge in [-0.25, -0.2) is 0 Å². The van der Waals surface area contributed by atoms with Crippen molar-refractivity contribution < 1.29 is 14.2 Å². The SMILES string of the molecule is COc1cc(NCCc2nc(C)no2)cc([N+](=O)[O-])c1. The molecule has 0 amide bonds. The Morgan fingerprint density at radius 1 is 1.45 bits per heavy atom. The molecule has 0 aliphatic carbocycles. The maximum atomic E-state index is 10.8. The van der Waals surface area contributed by atoms with Crippen molar-refractivity contribution >= 4 is 11.4 Å². The molecule has 0 aliphatic heterocycles. The lowest BCUT2D eigenvalue weighted by atomic mass is 10.2. The topological polar surface area (TPSA) is 103 Å². The van der Waals surface area contributed by atoms with E-state index in [0.29, 0.717) is 36.1 Å². The molecule has 1 heterocycles. The first-order valence-corrected chi connectivity index (χ1v) is 5.95. The van der Waals surface area contributed by atoms with Crippen molar-refractivity contribution in [1.29, 1.82) is 0 Å². The van der Waals surface area contributed by atoms with Crippen LogP contribution in [0.5, 0.6) is 5.75 Å². The number of nitrogens with one attached hydrogen (secondary N) is 1. The van der Waals surface area contributed by atoms with E-state index in [1.54, 1.807) is 13.0 Å². The third-order valence-electron chi connectivity index (χ3n) is 2.58. The molecule has 0 radical (unpaired) electrons. The summed E-state index contributed by atoms with van der Waals surface area (Å²) in [7, 11) is 1.46. The van der Waals surface area contributed by atoms with Crippen LogP contribution in [-0.4, -0.2) is 28.7 Å². The predicted octanol–water partition coefficient (Wildman–Crippen LogP) is 1.95. The number of aromatic nitrogens is 2. The molecule has 8 heteroatoms. The van der Waals surface area contributed by atoms with Crippen LogP contribution in [0.3, 0.4) is 0 Å². The van der Waals surface area contributed by atoms with Crippen molar-refractivity contribution in [2.24, 2.45) is 0 Å². The van der Waals surface area contributed by atoms with Crippen LogP contribution in [0.15, 0.2) is 22.7 Å². The fraction of sp³-hybridized carbons (Fsp3) is 0.333. The van der Waals surface area contributed by atoms with Crippen molar-refractivity contribution in [3.8, 4) is 5.75 Å². The van der Waals surface area contributed by atoms with Gasteiger partial charge in [0.25, 0.3) is 5.69 Å². The molecule has 0 aliphatic rings. The Balaban J connectivity index is 2.01. The first-order chi connectivity index (χ1) is 9.58. The van der Waals surface area contributed by atoms with E-state index in [9.17, 15) is 10.1 Å². The summed E-state index contributed by atoms with van der Waals surface area (Å²) in [5.41, 5.74) is 0.577. The van der Waals surface area contributed by atoms with Crippen LogP contribution in [0.4, 0.5) is 11.4 Å². The number of aryl methyl sites for hydroxylation is 1. The van der Waals surface area contributed by atoms with E-state index in [-0.39, 0.29) is 5.69 Å². The van der Waals surface area contributed by atoms with Gasteiger partial charge in [-0.1, -0.05) is 5.16 Å². The Kier molecular flexibility index (Phi) is 4.14. The molecule has 106 valence electrons. The highest BCUT2D eigenvalue weighted by molar-refractivity contribution is 5.56. The lowest BCUT2D eigenvalue weighted by molar-refractivity contribution is -0.384. The molecule has 2 aromatic rings. The van der Waals surface area contributed by atoms with Gasteiger partial charge >= 0.3 is 0 Å². The highest BCUT2D eigenvalue weighted by Gasteiger charge is 2.10. The maximum absolute atomic E-state index is 10.8. The van der Waals surface area contributed by atoms with E-state index in [1.165, 1.54) is 19.2 Å². The fourth-order valence-electron chi connectivity index (χ4n) is 1.66. The van der Waals surface area contributed by atoms with E-state index in [0.717, 1.165) is 0 Å². The number of methoxy groups -OCH3 is 1. The van der Waals surface area contributed by atoms with Gasteiger partial charge in [0, 0.05) is 30.8 Å². The van der Waals surface area contributed by atoms with Gasteiger partial charge in [0.05, 0.1) is 18.1 Å². The first-order valence-electron chi connectivity index (χ1n) is 5.95. The molecule has 1 N–H and O–H groups in total. The highest BCUT2D eigenvalue weighted by atomic mass is 16.6. The molecular formula is C12H14N4O4. The smallest absolute Gasteiger partial charge is 0.275 e. The second-order valence-corrected chi connectivity index (χ2v) is 4.09. The van der Waals surface area contributed by atoms with Gasteiger partial charge < -0.3 is 14.6 Å². The van der Waals surface area contributed by atoms with E-state index in [1.807, 2.05) is 0 Å². The molecule has 0 unspecified atom stereocenters. The van der Waals surface area contributed by atoms with Gasteiger partial charge in [0.1, 0.15) is 5.75 Å². The van der Waals surface area contributed by atoms with E-state index < -0.39 is 4.92 Å². The normalized spacial score (nSPS) is 10.3. The first kappa shape index (κ1) is 13.8. The molecule has 1 aromatic carbocycles. The quantitative estimate of drug-likeness (QED) is 0.636. The molecule has 1 aromatic heterocycles. The molecular weight excluding hydrogens is 264 g/mol. The lowest BCUT2D eigenvalue weighted by Gasteiger charge is -2.07. The van der Waals surface area contributed by atoms with Crippen molar-refractivity contribution in [2.45, 2.75) is 13.3 Å². The molecule has 0 fully saturated rings. The minimum Gasteiger partial charge on any atom is -0.496 e. The molecule has 8 nitrogen and oxygen atoms in total. The Bertz CT molecular complexity index is 611. The summed E-state index contributed by atoms with van der Waals surface area (Å²) in [4.78, 5) is 14.4. The summed E-state index contributed by atoms with van der Waals surface area (Å²) in [5.74, 6) is 1.53. The zero-order chi connectivity index (χ0) is 14.5. The molecule has 20 heavy (non-hydrogen) atoms. The van der Waals surface area contributed by atoms with E-state index in [2.05, 4.69) is 15.5 Å². The number of hydrogen-bond acceptors (Lipinski definition) is 7. The van der Waals surface area contributed by atoms with Crippen LogP contribution >= 0.6 is 0 Å². The summed E-state index contributed by atoms with van der Waals surface area (Å²) in [6, 6.07) is 4.50. The van der Waals surface area contributed by atoms with Gasteiger partial charge in [-0.15, -0.1) is 0 Å². The average molecular weight is 278 g/mol. The monoisotopic (exact) mass is 278 g/mol. The van der Waals surface area contributed by atoms with Crippen LogP contribution in [0, 0.1) is 17.0 Å². The maximum Gasteiger partial charge on any atom is 0.275 e. The predicted molar refractivity (Wildman–Crippen MR) is 70.9 cm³/mol. The van der Waals surface area contributed by atoms with Gasteiger partial charge in [0.15, 0.2) is 5.82 Å². The van der Waals surface area contributed by atoms with Crippen LogP contribution < -0.4 is 10.1 Å². The number of non-ortho nitro benzene ring substituents is 1. The number of hydrogen-bond donors (Lipinski definition) is 1. The molecule has 0 saturated carbocycles. The summed E-state index contributed by atoms with van der Waals surface area (Å²) in [6.45, 7) is 2.26. The molecule has 0 atom stereocenters. The van der Waals surface area contributed by atoms with Gasteiger partial charge in [-0.05, 0) is 6.92 Å². The van der Waals surface area contributed by atoms with E-state index in [4.69, 9.17) is 9.26 Å². The highest BCUT2D eigenvalue weighted by Crippen LogP contribution is 2.25. The zero-order valence-electron chi connectivity index (χ0n) is 11.1. The Morgan fingerprint density at radius 3 is 2.85 bits per heavy atom. The van der Waals surface area contributed by atoms with Crippen molar-refractivity contribution in [2.75, 3.05) is 19.0 Å². The van der Waals surface area contributed by atoms with Crippen molar-refractivity contribution in [3.05, 3.63) is 40.0 Å². The minimum atomic E-state index is -0.463. The van der Waals surface area contributed by atoms with Gasteiger partial charge in [0.2, 0.25) is 5.89 Å². The number of benzene rings is 1. The van der Waals surface area contributed by atoms with Gasteiger partial charge in [-0.3, -0.25) is 10.1 Å². The largest absolute Gasteiger partial charge is 0.496 e. The zero-order valence-corrected chi connectivity index (χ0v) is 11.1. The number of ether oxygens (including phenoxy) is 1. The van der Waals surface area contributed by atoms with Crippen LogP contribution in [0.25, 0.3) is 0 Å². The molecule has 0 saturated heterocycles. The third kappa shape index (κ3) is 3.44. The van der Waals surface area contributed by atoms with Crippen molar-refractivity contribution in [1.82, 2.24) is 10.1 Å². The second kappa shape index (κ2) is 6.00. The van der Waals surface area contributed by atoms with E-state index >= 15 is 0 Å². The average Bonchev–Trinajstić information content (AvgIpc) is 2.84. The van der Waals surface area contributed by atoms with Crippen LogP contribution in [-0.2, 0) is 6.42 Å². The summed E-state index contributed by atoms with van der Waals surface area (Å²) in [5, 5.41) is 17.6. The summed E-state index contributed by atoms with van der Waals surface area (Å²) in [6.07, 6.45) is 0.534. The van der Waals surface area contributed by atoms with Gasteiger partial charge in [-0.2, -0.15) is 4.98 Å². The molecule has 0 spiro atoms. The number of nitro benzene ring substituents is 1. The Morgan fingerprint density at radius 2 is 2.25 bits per heavy atom. The standard InChI is InChI=1S/C12H14N4O4/c1-8-14-12(20-15-8)3-4-13-9-5-10(16(17)18)7-11(6-9)19-2/h5-7,13H,3-4H2,1-2H3. The fourth-order valence-corrected chi connectivity index (χ4v) is 1.66. The van der Waals surface area contributed by atoms with Crippen LogP contribution in [0.2, 0.25) is 0 Å². The summed E-state index contributed by atoms with van der Waals surface area (Å²) >= 11 is 0. The van der Waals surface area contributed by atoms with Crippen molar-refractivity contribution in [3.63, 3.8) is 0 Å². The number of rotatable bonds is 6. The second-order valence-electron chi connectivity index (χ2n) is 4.09. The lowest BCUT2D eigenvalue weighted by Crippen LogP contribution is -2.05. The minimum absolute atomic E-state index is 0.0273.